The number of non-ortho nitro benzene ring substituents is 1. The van der Waals surface area contributed by atoms with E-state index in [-0.39, 0.29) is 17.3 Å². The molecule has 0 bridgehead atoms. The Balaban J connectivity index is 1.77. The Bertz CT molecular complexity index is 916. The number of esters is 1. The number of hydrogen-bond donors (Lipinski definition) is 0. The minimum atomic E-state index is -0.597. The van der Waals surface area contributed by atoms with Gasteiger partial charge < -0.3 is 9.47 Å². The standard InChI is InChI=1S/C20H18N2O5/c1-2-3-11-26-17-9-7-14(8-10-17)12-18-20(23)27-19(21-18)15-5-4-6-16(13-15)22(24)25/h4-10,12-13H,2-3,11H2,1H3/b18-12-. The van der Waals surface area contributed by atoms with E-state index in [1.807, 2.05) is 24.3 Å². The Morgan fingerprint density at radius 1 is 1.22 bits per heavy atom. The van der Waals surface area contributed by atoms with Gasteiger partial charge in [0.25, 0.3) is 5.69 Å². The highest BCUT2D eigenvalue weighted by atomic mass is 16.6. The topological polar surface area (TPSA) is 91.0 Å². The number of carbonyl (C=O) groups is 1. The number of cyclic esters (lactones) is 1. The van der Waals surface area contributed by atoms with Gasteiger partial charge in [0.15, 0.2) is 5.70 Å². The third kappa shape index (κ3) is 4.58. The number of carbonyl (C=O) groups excluding carboxylic acids is 1. The predicted molar refractivity (Wildman–Crippen MR) is 101 cm³/mol. The van der Waals surface area contributed by atoms with Crippen molar-refractivity contribution in [1.29, 1.82) is 0 Å². The van der Waals surface area contributed by atoms with Crippen LogP contribution in [-0.4, -0.2) is 23.4 Å². The number of unbranched alkanes of at least 4 members (excludes halogenated alkanes) is 1. The highest BCUT2D eigenvalue weighted by Gasteiger charge is 2.25. The van der Waals surface area contributed by atoms with E-state index in [9.17, 15) is 14.9 Å². The summed E-state index contributed by atoms with van der Waals surface area (Å²) in [6.45, 7) is 2.77. The van der Waals surface area contributed by atoms with Gasteiger partial charge in [0.1, 0.15) is 5.75 Å². The van der Waals surface area contributed by atoms with E-state index in [4.69, 9.17) is 9.47 Å². The quantitative estimate of drug-likeness (QED) is 0.242. The molecule has 3 rings (SSSR count). The Morgan fingerprint density at radius 3 is 2.70 bits per heavy atom. The lowest BCUT2D eigenvalue weighted by molar-refractivity contribution is -0.384. The van der Waals surface area contributed by atoms with Gasteiger partial charge in [-0.3, -0.25) is 10.1 Å². The molecule has 27 heavy (non-hydrogen) atoms. The summed E-state index contributed by atoms with van der Waals surface area (Å²) >= 11 is 0. The minimum Gasteiger partial charge on any atom is -0.494 e. The van der Waals surface area contributed by atoms with Crippen LogP contribution in [0.4, 0.5) is 5.69 Å². The normalized spacial score (nSPS) is 14.8. The zero-order valence-electron chi connectivity index (χ0n) is 14.8. The maximum absolute atomic E-state index is 12.1. The zero-order valence-corrected chi connectivity index (χ0v) is 14.8. The molecule has 0 saturated heterocycles. The van der Waals surface area contributed by atoms with Crippen molar-refractivity contribution in [2.75, 3.05) is 6.61 Å². The molecule has 138 valence electrons. The fourth-order valence-corrected chi connectivity index (χ4v) is 2.44. The molecule has 0 saturated carbocycles. The van der Waals surface area contributed by atoms with Crippen molar-refractivity contribution in [3.63, 3.8) is 0 Å². The summed E-state index contributed by atoms with van der Waals surface area (Å²) in [4.78, 5) is 26.6. The summed E-state index contributed by atoms with van der Waals surface area (Å²) in [6.07, 6.45) is 3.66. The molecule has 0 unspecified atom stereocenters. The summed E-state index contributed by atoms with van der Waals surface area (Å²) in [6, 6.07) is 13.1. The maximum atomic E-state index is 12.1. The van der Waals surface area contributed by atoms with E-state index in [0.717, 1.165) is 24.2 Å². The highest BCUT2D eigenvalue weighted by molar-refractivity contribution is 6.13. The van der Waals surface area contributed by atoms with Crippen LogP contribution in [0.3, 0.4) is 0 Å². The van der Waals surface area contributed by atoms with Crippen LogP contribution in [0, 0.1) is 10.1 Å². The van der Waals surface area contributed by atoms with Gasteiger partial charge in [-0.05, 0) is 36.3 Å². The first-order valence-electron chi connectivity index (χ1n) is 8.57. The van der Waals surface area contributed by atoms with Gasteiger partial charge in [-0.15, -0.1) is 0 Å². The second-order valence-electron chi connectivity index (χ2n) is 5.91. The monoisotopic (exact) mass is 366 g/mol. The third-order valence-corrected chi connectivity index (χ3v) is 3.87. The molecule has 0 amide bonds. The van der Waals surface area contributed by atoms with E-state index >= 15 is 0 Å². The Morgan fingerprint density at radius 2 is 2.00 bits per heavy atom. The molecule has 2 aromatic rings. The molecular formula is C20H18N2O5. The Kier molecular flexibility index (Phi) is 5.61. The minimum absolute atomic E-state index is 0.0504. The molecule has 1 aliphatic heterocycles. The van der Waals surface area contributed by atoms with Gasteiger partial charge in [-0.25, -0.2) is 9.79 Å². The highest BCUT2D eigenvalue weighted by Crippen LogP contribution is 2.22. The first-order chi connectivity index (χ1) is 13.1. The molecule has 7 nitrogen and oxygen atoms in total. The number of ether oxygens (including phenoxy) is 2. The predicted octanol–water partition coefficient (Wildman–Crippen LogP) is 4.12. The van der Waals surface area contributed by atoms with Crippen molar-refractivity contribution in [2.45, 2.75) is 19.8 Å². The fourth-order valence-electron chi connectivity index (χ4n) is 2.44. The second kappa shape index (κ2) is 8.27. The van der Waals surface area contributed by atoms with Gasteiger partial charge in [-0.2, -0.15) is 0 Å². The number of benzene rings is 2. The second-order valence-corrected chi connectivity index (χ2v) is 5.91. The Hall–Kier alpha value is -3.48. The Labute approximate surface area is 156 Å². The number of hydrogen-bond acceptors (Lipinski definition) is 6. The van der Waals surface area contributed by atoms with Crippen LogP contribution >= 0.6 is 0 Å². The molecule has 1 aliphatic rings. The summed E-state index contributed by atoms with van der Waals surface area (Å²) < 4.78 is 10.8. The molecule has 0 spiro atoms. The number of nitro benzene ring substituents is 1. The van der Waals surface area contributed by atoms with Crippen molar-refractivity contribution < 1.29 is 19.2 Å². The van der Waals surface area contributed by atoms with Crippen LogP contribution in [-0.2, 0) is 9.53 Å². The first-order valence-corrected chi connectivity index (χ1v) is 8.57. The van der Waals surface area contributed by atoms with Gasteiger partial charge >= 0.3 is 5.97 Å². The number of nitrogens with zero attached hydrogens (tertiary/aromatic N) is 2. The van der Waals surface area contributed by atoms with Crippen molar-refractivity contribution in [1.82, 2.24) is 0 Å². The lowest BCUT2D eigenvalue weighted by Gasteiger charge is -2.05. The first kappa shape index (κ1) is 18.3. The van der Waals surface area contributed by atoms with Crippen LogP contribution in [0.25, 0.3) is 6.08 Å². The van der Waals surface area contributed by atoms with Crippen molar-refractivity contribution in [2.24, 2.45) is 4.99 Å². The molecule has 0 N–H and O–H groups in total. The molecule has 0 fully saturated rings. The molecule has 1 heterocycles. The van der Waals surface area contributed by atoms with Crippen LogP contribution in [0.1, 0.15) is 30.9 Å². The van der Waals surface area contributed by atoms with E-state index in [1.54, 1.807) is 12.1 Å². The van der Waals surface area contributed by atoms with Crippen LogP contribution in [0.5, 0.6) is 5.75 Å². The summed E-state index contributed by atoms with van der Waals surface area (Å²) in [5.41, 5.74) is 1.19. The zero-order chi connectivity index (χ0) is 19.2. The molecule has 0 aromatic heterocycles. The molecular weight excluding hydrogens is 348 g/mol. The van der Waals surface area contributed by atoms with E-state index in [0.29, 0.717) is 12.2 Å². The van der Waals surface area contributed by atoms with Crippen molar-refractivity contribution in [3.8, 4) is 5.75 Å². The van der Waals surface area contributed by atoms with Gasteiger partial charge in [0, 0.05) is 17.7 Å². The van der Waals surface area contributed by atoms with Crippen LogP contribution in [0.2, 0.25) is 0 Å². The molecule has 0 aliphatic carbocycles. The summed E-state index contributed by atoms with van der Waals surface area (Å²) in [5.74, 6) is 0.217. The van der Waals surface area contributed by atoms with Gasteiger partial charge in [0.05, 0.1) is 11.5 Å². The number of nitro groups is 1. The SMILES string of the molecule is CCCCOc1ccc(/C=C2\N=C(c3cccc([N+](=O)[O-])c3)OC2=O)cc1. The van der Waals surface area contributed by atoms with E-state index in [1.165, 1.54) is 18.2 Å². The van der Waals surface area contributed by atoms with Crippen LogP contribution < -0.4 is 4.74 Å². The molecule has 0 atom stereocenters. The molecule has 0 radical (unpaired) electrons. The smallest absolute Gasteiger partial charge is 0.363 e. The molecule has 7 heteroatoms. The van der Waals surface area contributed by atoms with E-state index < -0.39 is 10.9 Å². The van der Waals surface area contributed by atoms with Gasteiger partial charge in [-0.1, -0.05) is 31.5 Å². The van der Waals surface area contributed by atoms with Crippen LogP contribution in [0.15, 0.2) is 59.2 Å². The average molecular weight is 366 g/mol. The number of rotatable bonds is 7. The molecule has 2 aromatic carbocycles. The lowest BCUT2D eigenvalue weighted by atomic mass is 10.2. The van der Waals surface area contributed by atoms with E-state index in [2.05, 4.69) is 11.9 Å². The van der Waals surface area contributed by atoms with Crippen molar-refractivity contribution in [3.05, 3.63) is 75.5 Å². The number of aliphatic imine (C=N–C) groups is 1. The van der Waals surface area contributed by atoms with Crippen molar-refractivity contribution >= 4 is 23.6 Å². The average Bonchev–Trinajstić information content (AvgIpc) is 3.04. The summed E-state index contributed by atoms with van der Waals surface area (Å²) in [5, 5.41) is 10.9. The maximum Gasteiger partial charge on any atom is 0.363 e. The largest absolute Gasteiger partial charge is 0.494 e. The lowest BCUT2D eigenvalue weighted by Crippen LogP contribution is -2.05. The third-order valence-electron chi connectivity index (χ3n) is 3.87. The summed E-state index contributed by atoms with van der Waals surface area (Å²) in [7, 11) is 0. The van der Waals surface area contributed by atoms with Gasteiger partial charge in [0.2, 0.25) is 5.90 Å². The fraction of sp³-hybridized carbons (Fsp3) is 0.200.